The van der Waals surface area contributed by atoms with Crippen LogP contribution >= 0.6 is 0 Å². The molecule has 7 heteroatoms. The van der Waals surface area contributed by atoms with Crippen molar-refractivity contribution in [3.05, 3.63) is 33.9 Å². The molecule has 0 heterocycles. The minimum Gasteiger partial charge on any atom is -0.497 e. The van der Waals surface area contributed by atoms with E-state index in [1.807, 2.05) is 6.92 Å². The molecule has 0 aliphatic heterocycles. The van der Waals surface area contributed by atoms with Crippen molar-refractivity contribution in [2.45, 2.75) is 26.2 Å². The van der Waals surface area contributed by atoms with Crippen LogP contribution in [0.25, 0.3) is 0 Å². The summed E-state index contributed by atoms with van der Waals surface area (Å²) in [6.45, 7) is 2.04. The summed E-state index contributed by atoms with van der Waals surface area (Å²) >= 11 is 0. The summed E-state index contributed by atoms with van der Waals surface area (Å²) in [7, 11) is 1.42. The van der Waals surface area contributed by atoms with Gasteiger partial charge in [0, 0.05) is 25.5 Å². The molecule has 0 saturated heterocycles. The molecule has 0 bridgehead atoms. The number of methoxy groups -OCH3 is 1. The zero-order chi connectivity index (χ0) is 15.8. The van der Waals surface area contributed by atoms with Crippen LogP contribution in [0.4, 0.5) is 5.69 Å². The number of amides is 1. The van der Waals surface area contributed by atoms with Gasteiger partial charge in [-0.2, -0.15) is 0 Å². The highest BCUT2D eigenvalue weighted by molar-refractivity contribution is 6.00. The van der Waals surface area contributed by atoms with Crippen LogP contribution in [0.1, 0.15) is 36.5 Å². The van der Waals surface area contributed by atoms with E-state index in [4.69, 9.17) is 4.74 Å². The fraction of sp³-hybridized carbons (Fsp3) is 0.429. The van der Waals surface area contributed by atoms with Crippen LogP contribution in [0.15, 0.2) is 18.2 Å². The van der Waals surface area contributed by atoms with Crippen LogP contribution in [-0.2, 0) is 4.79 Å². The number of Topliss-reactive ketones (excluding diaryl/α,β-unsaturated/α-hetero) is 1. The van der Waals surface area contributed by atoms with Crippen molar-refractivity contribution in [2.24, 2.45) is 0 Å². The molecule has 114 valence electrons. The summed E-state index contributed by atoms with van der Waals surface area (Å²) in [5.41, 5.74) is -0.273. The molecule has 1 aromatic carbocycles. The third-order valence-corrected chi connectivity index (χ3v) is 2.85. The number of benzene rings is 1. The number of nitro benzene ring substituents is 1. The Morgan fingerprint density at radius 1 is 1.33 bits per heavy atom. The Bertz CT molecular complexity index is 542. The van der Waals surface area contributed by atoms with E-state index in [1.165, 1.54) is 25.3 Å². The number of nitrogens with zero attached hydrogens (tertiary/aromatic N) is 1. The van der Waals surface area contributed by atoms with Crippen molar-refractivity contribution < 1.29 is 19.2 Å². The predicted octanol–water partition coefficient (Wildman–Crippen LogP) is 2.09. The van der Waals surface area contributed by atoms with Crippen molar-refractivity contribution in [3.63, 3.8) is 0 Å². The van der Waals surface area contributed by atoms with Crippen LogP contribution in [0.5, 0.6) is 5.75 Å². The Morgan fingerprint density at radius 3 is 2.62 bits per heavy atom. The summed E-state index contributed by atoms with van der Waals surface area (Å²) in [5, 5.41) is 13.5. The molecule has 0 aliphatic carbocycles. The van der Waals surface area contributed by atoms with Gasteiger partial charge < -0.3 is 10.1 Å². The van der Waals surface area contributed by atoms with E-state index < -0.39 is 10.7 Å². The molecule has 0 aromatic heterocycles. The smallest absolute Gasteiger partial charge is 0.280 e. The molecule has 0 unspecified atom stereocenters. The molecule has 0 atom stereocenters. The van der Waals surface area contributed by atoms with E-state index in [2.05, 4.69) is 5.32 Å². The van der Waals surface area contributed by atoms with Crippen molar-refractivity contribution in [1.82, 2.24) is 5.32 Å². The molecule has 1 rings (SSSR count). The highest BCUT2D eigenvalue weighted by Crippen LogP contribution is 2.25. The van der Waals surface area contributed by atoms with Crippen LogP contribution in [0, 0.1) is 10.1 Å². The fourth-order valence-electron chi connectivity index (χ4n) is 1.79. The van der Waals surface area contributed by atoms with Gasteiger partial charge in [-0.15, -0.1) is 0 Å². The fourth-order valence-corrected chi connectivity index (χ4v) is 1.79. The van der Waals surface area contributed by atoms with Gasteiger partial charge in [-0.05, 0) is 18.6 Å². The lowest BCUT2D eigenvalue weighted by Crippen LogP contribution is -2.25. The topological polar surface area (TPSA) is 98.5 Å². The molecule has 1 N–H and O–H groups in total. The summed E-state index contributed by atoms with van der Waals surface area (Å²) < 4.78 is 4.97. The Labute approximate surface area is 122 Å². The number of rotatable bonds is 8. The van der Waals surface area contributed by atoms with Gasteiger partial charge in [-0.25, -0.2) is 0 Å². The Balaban J connectivity index is 2.76. The normalized spacial score (nSPS) is 10.0. The maximum absolute atomic E-state index is 12.1. The monoisotopic (exact) mass is 294 g/mol. The van der Waals surface area contributed by atoms with Gasteiger partial charge in [0.1, 0.15) is 5.75 Å². The van der Waals surface area contributed by atoms with Crippen LogP contribution < -0.4 is 10.1 Å². The quantitative estimate of drug-likeness (QED) is 0.449. The molecule has 0 spiro atoms. The molecule has 7 nitrogen and oxygen atoms in total. The van der Waals surface area contributed by atoms with Crippen LogP contribution in [0.2, 0.25) is 0 Å². The van der Waals surface area contributed by atoms with Gasteiger partial charge in [-0.1, -0.05) is 6.92 Å². The lowest BCUT2D eigenvalue weighted by atomic mass is 10.1. The average Bonchev–Trinajstić information content (AvgIpc) is 2.46. The van der Waals surface area contributed by atoms with Crippen molar-refractivity contribution in [1.29, 1.82) is 0 Å². The third kappa shape index (κ3) is 4.87. The predicted molar refractivity (Wildman–Crippen MR) is 76.5 cm³/mol. The summed E-state index contributed by atoms with van der Waals surface area (Å²) in [5.74, 6) is -0.165. The van der Waals surface area contributed by atoms with Crippen LogP contribution in [0.3, 0.4) is 0 Å². The van der Waals surface area contributed by atoms with E-state index in [0.29, 0.717) is 12.2 Å². The first kappa shape index (κ1) is 16.6. The molecule has 0 fully saturated rings. The molecular formula is C14H18N2O5. The number of ether oxygens (including phenoxy) is 1. The number of hydrogen-bond acceptors (Lipinski definition) is 5. The van der Waals surface area contributed by atoms with Crippen molar-refractivity contribution in [3.8, 4) is 5.75 Å². The van der Waals surface area contributed by atoms with E-state index in [-0.39, 0.29) is 30.1 Å². The van der Waals surface area contributed by atoms with E-state index >= 15 is 0 Å². The SMILES string of the molecule is CCCC(=O)NCCC(=O)c1cc(OC)ccc1[N+](=O)[O-]. The summed E-state index contributed by atoms with van der Waals surface area (Å²) in [6.07, 6.45) is 1.12. The minimum absolute atomic E-state index is 0.00343. The lowest BCUT2D eigenvalue weighted by Gasteiger charge is -2.06. The Hall–Kier alpha value is -2.44. The second-order valence-corrected chi connectivity index (χ2v) is 4.41. The van der Waals surface area contributed by atoms with Gasteiger partial charge in [-0.3, -0.25) is 19.7 Å². The zero-order valence-electron chi connectivity index (χ0n) is 12.0. The van der Waals surface area contributed by atoms with Gasteiger partial charge in [0.25, 0.3) is 5.69 Å². The third-order valence-electron chi connectivity index (χ3n) is 2.85. The van der Waals surface area contributed by atoms with Gasteiger partial charge in [0.05, 0.1) is 17.6 Å². The number of carbonyl (C=O) groups excluding carboxylic acids is 2. The molecule has 0 radical (unpaired) electrons. The first-order valence-corrected chi connectivity index (χ1v) is 6.62. The molecule has 1 aromatic rings. The summed E-state index contributed by atoms with van der Waals surface area (Å²) in [4.78, 5) is 33.7. The number of carbonyl (C=O) groups is 2. The van der Waals surface area contributed by atoms with Crippen molar-refractivity contribution >= 4 is 17.4 Å². The average molecular weight is 294 g/mol. The first-order chi connectivity index (χ1) is 9.99. The van der Waals surface area contributed by atoms with E-state index in [1.54, 1.807) is 0 Å². The lowest BCUT2D eigenvalue weighted by molar-refractivity contribution is -0.385. The second kappa shape index (κ2) is 7.98. The van der Waals surface area contributed by atoms with Crippen molar-refractivity contribution in [2.75, 3.05) is 13.7 Å². The highest BCUT2D eigenvalue weighted by Gasteiger charge is 2.20. The number of ketones is 1. The van der Waals surface area contributed by atoms with Gasteiger partial charge in [0.15, 0.2) is 5.78 Å². The minimum atomic E-state index is -0.609. The van der Waals surface area contributed by atoms with Gasteiger partial charge >= 0.3 is 0 Å². The zero-order valence-corrected chi connectivity index (χ0v) is 12.0. The van der Waals surface area contributed by atoms with Crippen LogP contribution in [-0.4, -0.2) is 30.3 Å². The first-order valence-electron chi connectivity index (χ1n) is 6.62. The number of nitro groups is 1. The maximum Gasteiger partial charge on any atom is 0.280 e. The maximum atomic E-state index is 12.1. The summed E-state index contributed by atoms with van der Waals surface area (Å²) in [6, 6.07) is 4.01. The second-order valence-electron chi connectivity index (χ2n) is 4.41. The Kier molecular flexibility index (Phi) is 6.32. The van der Waals surface area contributed by atoms with E-state index in [0.717, 1.165) is 6.42 Å². The largest absolute Gasteiger partial charge is 0.497 e. The molecular weight excluding hydrogens is 276 g/mol. The standard InChI is InChI=1S/C14H18N2O5/c1-3-4-14(18)15-8-7-13(17)11-9-10(21-2)5-6-12(11)16(19)20/h5-6,9H,3-4,7-8H2,1-2H3,(H,15,18). The molecule has 0 saturated carbocycles. The number of hydrogen-bond donors (Lipinski definition) is 1. The Morgan fingerprint density at radius 2 is 2.05 bits per heavy atom. The van der Waals surface area contributed by atoms with Gasteiger partial charge in [0.2, 0.25) is 5.91 Å². The molecule has 0 aliphatic rings. The highest BCUT2D eigenvalue weighted by atomic mass is 16.6. The molecule has 1 amide bonds. The van der Waals surface area contributed by atoms with E-state index in [9.17, 15) is 19.7 Å². The molecule has 21 heavy (non-hydrogen) atoms. The number of nitrogens with one attached hydrogen (secondary N) is 1.